The van der Waals surface area contributed by atoms with Crippen LogP contribution in [0.25, 0.3) is 11.1 Å². The van der Waals surface area contributed by atoms with Gasteiger partial charge in [-0.25, -0.2) is 9.78 Å². The number of hydrogen-bond donors (Lipinski definition) is 3. The highest BCUT2D eigenvalue weighted by atomic mass is 16.5. The maximum atomic E-state index is 12.3. The summed E-state index contributed by atoms with van der Waals surface area (Å²) in [6.07, 6.45) is 1.50. The summed E-state index contributed by atoms with van der Waals surface area (Å²) in [6.45, 7) is 5.30. The van der Waals surface area contributed by atoms with Crippen LogP contribution in [0.15, 0.2) is 34.9 Å². The van der Waals surface area contributed by atoms with Gasteiger partial charge in [-0.3, -0.25) is 4.79 Å². The Morgan fingerprint density at radius 1 is 1.35 bits per heavy atom. The number of furan rings is 1. The topological polar surface area (TPSA) is 133 Å². The zero-order valence-corrected chi connectivity index (χ0v) is 19.2. The van der Waals surface area contributed by atoms with E-state index in [9.17, 15) is 9.59 Å². The number of fused-ring (bicyclic) bond motifs is 2. The molecule has 0 saturated carbocycles. The molecule has 3 aromatic rings. The minimum atomic E-state index is -0.935. The second kappa shape index (κ2) is 8.08. The highest BCUT2D eigenvalue weighted by Crippen LogP contribution is 2.36. The van der Waals surface area contributed by atoms with Gasteiger partial charge in [0.1, 0.15) is 11.3 Å². The van der Waals surface area contributed by atoms with Gasteiger partial charge >= 0.3 is 6.09 Å². The molecule has 0 aliphatic carbocycles. The number of anilines is 4. The molecule has 1 fully saturated rings. The Balaban J connectivity index is 1.38. The van der Waals surface area contributed by atoms with Crippen molar-refractivity contribution in [3.05, 3.63) is 30.5 Å². The van der Waals surface area contributed by atoms with Gasteiger partial charge in [0.25, 0.3) is 5.91 Å². The van der Waals surface area contributed by atoms with E-state index < -0.39 is 11.7 Å². The van der Waals surface area contributed by atoms with E-state index in [0.29, 0.717) is 53.1 Å². The number of carbonyl (C=O) groups excluding carboxylic acids is 1. The van der Waals surface area contributed by atoms with Crippen LogP contribution in [0.3, 0.4) is 0 Å². The second-order valence-electron chi connectivity index (χ2n) is 9.17. The predicted octanol–water partition coefficient (Wildman–Crippen LogP) is 3.51. The second-order valence-corrected chi connectivity index (χ2v) is 9.17. The van der Waals surface area contributed by atoms with Crippen molar-refractivity contribution in [2.75, 3.05) is 42.2 Å². The average Bonchev–Trinajstić information content (AvgIpc) is 3.43. The summed E-state index contributed by atoms with van der Waals surface area (Å²) in [4.78, 5) is 36.1. The standard InChI is InChI=1S/C23H26N6O5/c1-23(2)20(30)25-16-10-14(4-5-17(16)34-23)24-21-26-15-7-9-33-18(15)19(27-21)29-8-6-13(12-29)11-28(3)22(31)32/h4-5,7,9-10,13H,6,8,11-12H2,1-3H3,(H,25,30)(H,31,32)(H,24,26,27). The molecule has 34 heavy (non-hydrogen) atoms. The van der Waals surface area contributed by atoms with Crippen molar-refractivity contribution < 1.29 is 23.8 Å². The van der Waals surface area contributed by atoms with Gasteiger partial charge in [-0.2, -0.15) is 4.98 Å². The number of nitrogens with zero attached hydrogens (tertiary/aromatic N) is 4. The lowest BCUT2D eigenvalue weighted by atomic mass is 10.1. The first-order valence-corrected chi connectivity index (χ1v) is 11.1. The van der Waals surface area contributed by atoms with Gasteiger partial charge in [0.05, 0.1) is 12.0 Å². The molecule has 3 N–H and O–H groups in total. The molecule has 178 valence electrons. The van der Waals surface area contributed by atoms with Gasteiger partial charge < -0.3 is 34.7 Å². The molecule has 1 saturated heterocycles. The maximum absolute atomic E-state index is 12.3. The molecule has 4 heterocycles. The predicted molar refractivity (Wildman–Crippen MR) is 126 cm³/mol. The van der Waals surface area contributed by atoms with Crippen LogP contribution >= 0.6 is 0 Å². The van der Waals surface area contributed by atoms with E-state index in [-0.39, 0.29) is 11.8 Å². The number of hydrogen-bond acceptors (Lipinski definition) is 8. The Hall–Kier alpha value is -4.02. The van der Waals surface area contributed by atoms with Gasteiger partial charge in [0.2, 0.25) is 5.95 Å². The molecule has 5 rings (SSSR count). The summed E-state index contributed by atoms with van der Waals surface area (Å²) in [6, 6.07) is 7.18. The summed E-state index contributed by atoms with van der Waals surface area (Å²) in [5.41, 5.74) is 1.59. The third-order valence-electron chi connectivity index (χ3n) is 6.13. The van der Waals surface area contributed by atoms with Gasteiger partial charge in [-0.1, -0.05) is 0 Å². The zero-order chi connectivity index (χ0) is 24.0. The monoisotopic (exact) mass is 466 g/mol. The number of carboxylic acid groups (broad SMARTS) is 1. The smallest absolute Gasteiger partial charge is 0.407 e. The van der Waals surface area contributed by atoms with Gasteiger partial charge in [0.15, 0.2) is 17.0 Å². The van der Waals surface area contributed by atoms with Crippen LogP contribution < -0.4 is 20.3 Å². The van der Waals surface area contributed by atoms with Crippen LogP contribution in [0.5, 0.6) is 5.75 Å². The first-order chi connectivity index (χ1) is 16.2. The maximum Gasteiger partial charge on any atom is 0.407 e. The van der Waals surface area contributed by atoms with Crippen LogP contribution in [0.4, 0.5) is 27.9 Å². The fourth-order valence-corrected chi connectivity index (χ4v) is 4.28. The molecule has 2 amide bonds. The summed E-state index contributed by atoms with van der Waals surface area (Å²) < 4.78 is 11.5. The summed E-state index contributed by atoms with van der Waals surface area (Å²) >= 11 is 0. The lowest BCUT2D eigenvalue weighted by Crippen LogP contribution is -2.45. The molecule has 1 aromatic carbocycles. The van der Waals surface area contributed by atoms with Crippen molar-refractivity contribution in [3.63, 3.8) is 0 Å². The molecule has 0 bridgehead atoms. The number of nitrogens with one attached hydrogen (secondary N) is 2. The highest BCUT2D eigenvalue weighted by Gasteiger charge is 2.35. The van der Waals surface area contributed by atoms with Crippen molar-refractivity contribution >= 4 is 46.2 Å². The molecule has 2 aliphatic heterocycles. The molecule has 0 radical (unpaired) electrons. The number of benzene rings is 1. The SMILES string of the molecule is CN(CC1CCN(c2nc(Nc3ccc4c(c3)NC(=O)C(C)(C)O4)nc3ccoc23)C1)C(=O)O. The number of amides is 2. The Bertz CT molecular complexity index is 1270. The molecule has 2 aromatic heterocycles. The normalized spacial score (nSPS) is 18.9. The average molecular weight is 466 g/mol. The van der Waals surface area contributed by atoms with Crippen LogP contribution in [0, 0.1) is 5.92 Å². The minimum absolute atomic E-state index is 0.200. The number of carbonyl (C=O) groups is 2. The molecule has 1 atom stereocenters. The first kappa shape index (κ1) is 21.8. The Morgan fingerprint density at radius 2 is 2.18 bits per heavy atom. The van der Waals surface area contributed by atoms with Crippen LogP contribution in [-0.2, 0) is 4.79 Å². The van der Waals surface area contributed by atoms with Gasteiger partial charge in [-0.05, 0) is 44.4 Å². The van der Waals surface area contributed by atoms with Crippen molar-refractivity contribution in [1.82, 2.24) is 14.9 Å². The summed E-state index contributed by atoms with van der Waals surface area (Å²) in [5.74, 6) is 1.63. The van der Waals surface area contributed by atoms with Crippen LogP contribution in [0.2, 0.25) is 0 Å². The third kappa shape index (κ3) is 4.04. The van der Waals surface area contributed by atoms with Crippen molar-refractivity contribution in [3.8, 4) is 5.75 Å². The first-order valence-electron chi connectivity index (χ1n) is 11.1. The Labute approximate surface area is 195 Å². The summed E-state index contributed by atoms with van der Waals surface area (Å²) in [5, 5.41) is 15.2. The van der Waals surface area contributed by atoms with E-state index >= 15 is 0 Å². The van der Waals surface area contributed by atoms with Crippen LogP contribution in [-0.4, -0.2) is 64.3 Å². The molecular weight excluding hydrogens is 440 g/mol. The molecule has 11 heteroatoms. The number of rotatable bonds is 5. The lowest BCUT2D eigenvalue weighted by Gasteiger charge is -2.31. The quantitative estimate of drug-likeness (QED) is 0.516. The third-order valence-corrected chi connectivity index (χ3v) is 6.13. The highest BCUT2D eigenvalue weighted by molar-refractivity contribution is 6.00. The van der Waals surface area contributed by atoms with Crippen molar-refractivity contribution in [2.45, 2.75) is 25.9 Å². The molecule has 2 aliphatic rings. The number of aromatic nitrogens is 2. The fraction of sp³-hybridized carbons (Fsp3) is 0.391. The Morgan fingerprint density at radius 3 is 2.97 bits per heavy atom. The Kier molecular flexibility index (Phi) is 5.18. The van der Waals surface area contributed by atoms with E-state index in [4.69, 9.17) is 19.2 Å². The van der Waals surface area contributed by atoms with E-state index in [2.05, 4.69) is 20.5 Å². The molecular formula is C23H26N6O5. The molecule has 11 nitrogen and oxygen atoms in total. The lowest BCUT2D eigenvalue weighted by molar-refractivity contribution is -0.129. The van der Waals surface area contributed by atoms with Crippen molar-refractivity contribution in [2.24, 2.45) is 5.92 Å². The molecule has 1 unspecified atom stereocenters. The van der Waals surface area contributed by atoms with Gasteiger partial charge in [-0.15, -0.1) is 0 Å². The molecule has 0 spiro atoms. The summed E-state index contributed by atoms with van der Waals surface area (Å²) in [7, 11) is 1.58. The van der Waals surface area contributed by atoms with E-state index in [1.807, 2.05) is 6.07 Å². The largest absolute Gasteiger partial charge is 0.476 e. The number of ether oxygens (including phenoxy) is 1. The fourth-order valence-electron chi connectivity index (χ4n) is 4.28. The zero-order valence-electron chi connectivity index (χ0n) is 19.2. The minimum Gasteiger partial charge on any atom is -0.476 e. The van der Waals surface area contributed by atoms with Crippen LogP contribution in [0.1, 0.15) is 20.3 Å². The van der Waals surface area contributed by atoms with E-state index in [1.54, 1.807) is 45.4 Å². The van der Waals surface area contributed by atoms with Gasteiger partial charge in [0, 0.05) is 38.4 Å². The van der Waals surface area contributed by atoms with E-state index in [1.165, 1.54) is 4.90 Å². The van der Waals surface area contributed by atoms with E-state index in [0.717, 1.165) is 13.0 Å². The van der Waals surface area contributed by atoms with Crippen molar-refractivity contribution in [1.29, 1.82) is 0 Å².